The third-order valence-corrected chi connectivity index (χ3v) is 5.76. The molecule has 0 radical (unpaired) electrons. The fourth-order valence-corrected chi connectivity index (χ4v) is 4.28. The van der Waals surface area contributed by atoms with E-state index in [-0.39, 0.29) is 17.1 Å². The molecule has 0 spiro atoms. The minimum atomic E-state index is -0.467. The summed E-state index contributed by atoms with van der Waals surface area (Å²) in [5.41, 5.74) is 7.07. The molecule has 2 heterocycles. The Morgan fingerprint density at radius 1 is 1.21 bits per heavy atom. The molecule has 29 heavy (non-hydrogen) atoms. The Bertz CT molecular complexity index is 1280. The van der Waals surface area contributed by atoms with Gasteiger partial charge in [-0.2, -0.15) is 0 Å². The van der Waals surface area contributed by atoms with Crippen LogP contribution in [0.3, 0.4) is 0 Å². The van der Waals surface area contributed by atoms with Crippen LogP contribution in [0.1, 0.15) is 0 Å². The topological polar surface area (TPSA) is 119 Å². The number of non-ortho nitro benzene ring substituents is 1. The third-order valence-electron chi connectivity index (χ3n) is 4.04. The largest absolute Gasteiger partial charge is 0.308 e. The Morgan fingerprint density at radius 3 is 2.86 bits per heavy atom. The van der Waals surface area contributed by atoms with E-state index >= 15 is 0 Å². The molecule has 0 atom stereocenters. The molecule has 2 aromatic carbocycles. The van der Waals surface area contributed by atoms with Crippen LogP contribution in [-0.4, -0.2) is 20.4 Å². The Kier molecular flexibility index (Phi) is 5.06. The van der Waals surface area contributed by atoms with Gasteiger partial charge in [-0.3, -0.25) is 35.1 Å². The van der Waals surface area contributed by atoms with E-state index in [1.807, 2.05) is 18.2 Å². The highest BCUT2D eigenvalue weighted by Crippen LogP contribution is 2.27. The number of carbonyl (C=O) groups is 1. The van der Waals surface area contributed by atoms with Crippen LogP contribution >= 0.6 is 22.7 Å². The fraction of sp³-hybridized carbons (Fsp3) is 0.0556. The number of aromatic nitrogens is 2. The summed E-state index contributed by atoms with van der Waals surface area (Å²) in [4.78, 5) is 38.9. The van der Waals surface area contributed by atoms with Crippen molar-refractivity contribution in [1.29, 1.82) is 0 Å². The number of hydrogen-bond acceptors (Lipinski definition) is 8. The molecule has 0 bridgehead atoms. The zero-order chi connectivity index (χ0) is 20.4. The second kappa shape index (κ2) is 7.81. The van der Waals surface area contributed by atoms with E-state index in [4.69, 9.17) is 0 Å². The summed E-state index contributed by atoms with van der Waals surface area (Å²) in [6.45, 7) is -0.126. The lowest BCUT2D eigenvalue weighted by atomic mass is 10.1. The highest BCUT2D eigenvalue weighted by atomic mass is 32.1. The van der Waals surface area contributed by atoms with Gasteiger partial charge in [0.1, 0.15) is 6.54 Å². The first kappa shape index (κ1) is 18.8. The van der Waals surface area contributed by atoms with E-state index < -0.39 is 10.8 Å². The maximum absolute atomic E-state index is 12.2. The van der Waals surface area contributed by atoms with Crippen LogP contribution in [-0.2, 0) is 11.3 Å². The van der Waals surface area contributed by atoms with E-state index in [9.17, 15) is 19.7 Å². The molecule has 0 saturated heterocycles. The number of rotatable bonds is 6. The summed E-state index contributed by atoms with van der Waals surface area (Å²) in [5.74, 6) is -0.400. The molecular weight excluding hydrogens is 414 g/mol. The van der Waals surface area contributed by atoms with Gasteiger partial charge in [-0.05, 0) is 12.1 Å². The van der Waals surface area contributed by atoms with Crippen molar-refractivity contribution < 1.29 is 9.72 Å². The van der Waals surface area contributed by atoms with Gasteiger partial charge >= 0.3 is 4.87 Å². The highest BCUT2D eigenvalue weighted by Gasteiger charge is 2.12. The number of nitrogens with one attached hydrogen (secondary N) is 2. The molecule has 0 unspecified atom stereocenters. The van der Waals surface area contributed by atoms with Gasteiger partial charge in [-0.1, -0.05) is 35.6 Å². The summed E-state index contributed by atoms with van der Waals surface area (Å²) in [6.07, 6.45) is 0. The zero-order valence-corrected chi connectivity index (χ0v) is 16.3. The summed E-state index contributed by atoms with van der Waals surface area (Å²) in [5, 5.41) is 13.1. The number of thiazole rings is 2. The molecule has 9 nitrogen and oxygen atoms in total. The highest BCUT2D eigenvalue weighted by molar-refractivity contribution is 7.16. The van der Waals surface area contributed by atoms with Crippen LogP contribution in [0.2, 0.25) is 0 Å². The average molecular weight is 427 g/mol. The Hall–Kier alpha value is -3.57. The number of para-hydroxylation sites is 1. The molecule has 0 aliphatic rings. The lowest BCUT2D eigenvalue weighted by Gasteiger charge is -2.06. The van der Waals surface area contributed by atoms with Crippen LogP contribution in [0.5, 0.6) is 0 Å². The maximum Gasteiger partial charge on any atom is 0.308 e. The summed E-state index contributed by atoms with van der Waals surface area (Å²) in [6, 6.07) is 13.4. The normalized spacial score (nSPS) is 10.8. The van der Waals surface area contributed by atoms with Crippen LogP contribution in [0.25, 0.3) is 21.5 Å². The van der Waals surface area contributed by atoms with Gasteiger partial charge < -0.3 is 0 Å². The molecular formula is C18H13N5O4S2. The second-order valence-electron chi connectivity index (χ2n) is 5.94. The van der Waals surface area contributed by atoms with Crippen molar-refractivity contribution in [3.63, 3.8) is 0 Å². The lowest BCUT2D eigenvalue weighted by molar-refractivity contribution is -0.384. The molecule has 4 aromatic rings. The number of hydrogen-bond donors (Lipinski definition) is 2. The average Bonchev–Trinajstić information content (AvgIpc) is 3.31. The quantitative estimate of drug-likeness (QED) is 0.360. The van der Waals surface area contributed by atoms with Gasteiger partial charge in [0.05, 0.1) is 20.8 Å². The number of hydrazine groups is 1. The molecule has 4 rings (SSSR count). The van der Waals surface area contributed by atoms with Gasteiger partial charge in [-0.15, -0.1) is 11.3 Å². The standard InChI is InChI=1S/C18H13N5O4S2/c24-16(9-22-14-6-1-2-7-15(14)29-18(22)25)20-21-17-19-13(10-28-17)11-4-3-5-12(8-11)23(26)27/h1-8,10H,9H2,(H,19,21)(H,20,24). The van der Waals surface area contributed by atoms with E-state index in [0.717, 1.165) is 16.0 Å². The van der Waals surface area contributed by atoms with Crippen molar-refractivity contribution in [2.24, 2.45) is 0 Å². The molecule has 146 valence electrons. The Morgan fingerprint density at radius 2 is 2.03 bits per heavy atom. The molecule has 1 amide bonds. The summed E-state index contributed by atoms with van der Waals surface area (Å²) in [7, 11) is 0. The van der Waals surface area contributed by atoms with Crippen LogP contribution < -0.4 is 15.7 Å². The minimum Gasteiger partial charge on any atom is -0.289 e. The van der Waals surface area contributed by atoms with Crippen molar-refractivity contribution >= 4 is 49.6 Å². The number of benzene rings is 2. The first-order valence-corrected chi connectivity index (χ1v) is 10.0. The van der Waals surface area contributed by atoms with Crippen LogP contribution in [0, 0.1) is 10.1 Å². The van der Waals surface area contributed by atoms with Crippen molar-refractivity contribution in [1.82, 2.24) is 15.0 Å². The first-order valence-electron chi connectivity index (χ1n) is 8.35. The predicted octanol–water partition coefficient (Wildman–Crippen LogP) is 3.24. The van der Waals surface area contributed by atoms with Gasteiger partial charge in [0.25, 0.3) is 11.6 Å². The molecule has 0 saturated carbocycles. The lowest BCUT2D eigenvalue weighted by Crippen LogP contribution is -2.34. The van der Waals surface area contributed by atoms with Crippen molar-refractivity contribution in [3.8, 4) is 11.3 Å². The second-order valence-corrected chi connectivity index (χ2v) is 7.79. The predicted molar refractivity (Wildman–Crippen MR) is 112 cm³/mol. The van der Waals surface area contributed by atoms with E-state index in [1.165, 1.54) is 28.0 Å². The number of anilines is 1. The van der Waals surface area contributed by atoms with E-state index in [1.54, 1.807) is 23.6 Å². The Labute approximate surface area is 171 Å². The smallest absolute Gasteiger partial charge is 0.289 e. The zero-order valence-electron chi connectivity index (χ0n) is 14.7. The number of nitro groups is 1. The number of fused-ring (bicyclic) bond motifs is 1. The number of nitrogens with zero attached hydrogens (tertiary/aromatic N) is 3. The molecule has 2 aromatic heterocycles. The van der Waals surface area contributed by atoms with Crippen molar-refractivity contribution in [3.05, 3.63) is 73.7 Å². The van der Waals surface area contributed by atoms with Gasteiger partial charge in [-0.25, -0.2) is 4.98 Å². The van der Waals surface area contributed by atoms with Crippen molar-refractivity contribution in [2.45, 2.75) is 6.54 Å². The minimum absolute atomic E-state index is 0.0215. The van der Waals surface area contributed by atoms with Crippen molar-refractivity contribution in [2.75, 3.05) is 5.43 Å². The molecule has 11 heteroatoms. The molecule has 0 fully saturated rings. The van der Waals surface area contributed by atoms with E-state index in [2.05, 4.69) is 15.8 Å². The van der Waals surface area contributed by atoms with Crippen LogP contribution in [0.4, 0.5) is 10.8 Å². The number of amides is 1. The summed E-state index contributed by atoms with van der Waals surface area (Å²) < 4.78 is 2.23. The number of nitro benzene ring substituents is 1. The first-order chi connectivity index (χ1) is 14.0. The van der Waals surface area contributed by atoms with Gasteiger partial charge in [0, 0.05) is 23.1 Å². The van der Waals surface area contributed by atoms with Gasteiger partial charge in [0.15, 0.2) is 0 Å². The third kappa shape index (κ3) is 4.00. The maximum atomic E-state index is 12.2. The molecule has 0 aliphatic carbocycles. The van der Waals surface area contributed by atoms with E-state index in [0.29, 0.717) is 21.9 Å². The van der Waals surface area contributed by atoms with Crippen LogP contribution in [0.15, 0.2) is 58.7 Å². The SMILES string of the molecule is O=C(Cn1c(=O)sc2ccccc21)NNc1nc(-c2cccc([N+](=O)[O-])c2)cs1. The fourth-order valence-electron chi connectivity index (χ4n) is 2.71. The number of carbonyl (C=O) groups excluding carboxylic acids is 1. The molecule has 2 N–H and O–H groups in total. The molecule has 0 aliphatic heterocycles. The Balaban J connectivity index is 1.43. The van der Waals surface area contributed by atoms with Gasteiger partial charge in [0.2, 0.25) is 5.13 Å². The summed E-state index contributed by atoms with van der Waals surface area (Å²) >= 11 is 2.33. The monoisotopic (exact) mass is 427 g/mol.